The quantitative estimate of drug-likeness (QED) is 0.582. The van der Waals surface area contributed by atoms with Crippen molar-refractivity contribution in [3.8, 4) is 0 Å². The van der Waals surface area contributed by atoms with Crippen LogP contribution in [0.4, 0.5) is 0 Å². The summed E-state index contributed by atoms with van der Waals surface area (Å²) in [4.78, 5) is 0. The Labute approximate surface area is 157 Å². The zero-order chi connectivity index (χ0) is 19.4. The van der Waals surface area contributed by atoms with E-state index in [4.69, 9.17) is 9.31 Å². The van der Waals surface area contributed by atoms with E-state index in [2.05, 4.69) is 96.7 Å². The summed E-state index contributed by atoms with van der Waals surface area (Å²) in [5, 5.41) is 1.23. The second-order valence-electron chi connectivity index (χ2n) is 9.94. The molecule has 25 heavy (non-hydrogen) atoms. The van der Waals surface area contributed by atoms with E-state index in [-0.39, 0.29) is 29.2 Å². The van der Waals surface area contributed by atoms with E-state index in [1.165, 1.54) is 10.9 Å². The lowest BCUT2D eigenvalue weighted by Gasteiger charge is -2.46. The molecule has 0 bridgehead atoms. The normalized spacial score (nSPS) is 20.4. The highest BCUT2D eigenvalue weighted by Gasteiger charge is 2.52. The average molecular weight is 362 g/mol. The van der Waals surface area contributed by atoms with Crippen molar-refractivity contribution in [1.82, 2.24) is 0 Å². The third-order valence-electron chi connectivity index (χ3n) is 7.33. The summed E-state index contributed by atoms with van der Waals surface area (Å²) in [6, 6.07) is 6.64. The first-order chi connectivity index (χ1) is 11.1. The fourth-order valence-electron chi connectivity index (χ4n) is 3.34. The molecule has 2 rings (SSSR count). The lowest BCUT2D eigenvalue weighted by Crippen LogP contribution is -2.44. The third kappa shape index (κ3) is 3.45. The molecule has 0 saturated carbocycles. The van der Waals surface area contributed by atoms with Gasteiger partial charge in [-0.05, 0) is 60.8 Å². The molecule has 1 aromatic rings. The molecule has 0 radical (unpaired) electrons. The molecule has 140 valence electrons. The molecule has 1 unspecified atom stereocenters. The molecule has 1 aliphatic rings. The van der Waals surface area contributed by atoms with Crippen LogP contribution in [-0.2, 0) is 14.7 Å². The van der Waals surface area contributed by atoms with Gasteiger partial charge in [0.1, 0.15) is 0 Å². The summed E-state index contributed by atoms with van der Waals surface area (Å²) in [5.41, 5.74) is 2.09. The second kappa shape index (κ2) is 6.36. The van der Waals surface area contributed by atoms with Gasteiger partial charge >= 0.3 is 7.12 Å². The van der Waals surface area contributed by atoms with Crippen LogP contribution in [0.25, 0.3) is 0 Å². The molecule has 4 heteroatoms. The van der Waals surface area contributed by atoms with Crippen molar-refractivity contribution in [1.29, 1.82) is 0 Å². The van der Waals surface area contributed by atoms with Gasteiger partial charge < -0.3 is 9.31 Å². The Morgan fingerprint density at radius 2 is 1.44 bits per heavy atom. The summed E-state index contributed by atoms with van der Waals surface area (Å²) in [5.74, 6) is 0.592. The van der Waals surface area contributed by atoms with E-state index in [1.807, 2.05) is 0 Å². The van der Waals surface area contributed by atoms with Gasteiger partial charge in [-0.3, -0.25) is 0 Å². The predicted octanol–water partition coefficient (Wildman–Crippen LogP) is 4.45. The van der Waals surface area contributed by atoms with Crippen molar-refractivity contribution >= 4 is 27.1 Å². The van der Waals surface area contributed by atoms with Gasteiger partial charge in [-0.1, -0.05) is 59.7 Å². The summed E-state index contributed by atoms with van der Waals surface area (Å²) in [6.45, 7) is 22.4. The Balaban J connectivity index is 2.37. The van der Waals surface area contributed by atoms with Gasteiger partial charge in [-0.2, -0.15) is 0 Å². The van der Waals surface area contributed by atoms with Crippen LogP contribution in [0.2, 0.25) is 0 Å². The van der Waals surface area contributed by atoms with E-state index in [1.54, 1.807) is 0 Å². The average Bonchev–Trinajstić information content (AvgIpc) is 2.66. The highest BCUT2D eigenvalue weighted by molar-refractivity contribution is 7.27. The molecule has 1 atom stereocenters. The first kappa shape index (κ1) is 20.9. The molecule has 0 aromatic heterocycles. The lowest BCUT2D eigenvalue weighted by molar-refractivity contribution is 0.00578. The van der Waals surface area contributed by atoms with Crippen molar-refractivity contribution < 1.29 is 9.31 Å². The first-order valence-corrected chi connectivity index (χ1v) is 9.97. The van der Waals surface area contributed by atoms with Gasteiger partial charge in [0.25, 0.3) is 0 Å². The predicted molar refractivity (Wildman–Crippen MR) is 113 cm³/mol. The number of rotatable bonds is 4. The van der Waals surface area contributed by atoms with E-state index in [0.29, 0.717) is 5.92 Å². The molecule has 1 saturated heterocycles. The van der Waals surface area contributed by atoms with Crippen LogP contribution in [0.5, 0.6) is 0 Å². The Kier molecular flexibility index (Phi) is 5.33. The summed E-state index contributed by atoms with van der Waals surface area (Å²) in [7, 11) is 2.62. The van der Waals surface area contributed by atoms with Crippen LogP contribution in [0.1, 0.15) is 74.8 Å². The second-order valence-corrected chi connectivity index (χ2v) is 10.6. The Morgan fingerprint density at radius 1 is 0.960 bits per heavy atom. The standard InChI is InChI=1S/C21H36BO2P/c1-14(2)18(3,4)19(5,6)16-12-11-15(13-17(16)25)22-23-20(7,8)21(9,10)24-22/h11-14H,25H2,1-10H3. The smallest absolute Gasteiger partial charge is 0.399 e. The number of hydrogen-bond acceptors (Lipinski definition) is 2. The maximum absolute atomic E-state index is 6.20. The largest absolute Gasteiger partial charge is 0.494 e. The van der Waals surface area contributed by atoms with Crippen LogP contribution < -0.4 is 10.8 Å². The Bertz CT molecular complexity index is 631. The molecule has 1 aromatic carbocycles. The topological polar surface area (TPSA) is 18.5 Å². The van der Waals surface area contributed by atoms with Crippen LogP contribution in [-0.4, -0.2) is 18.3 Å². The Morgan fingerprint density at radius 3 is 1.84 bits per heavy atom. The van der Waals surface area contributed by atoms with Gasteiger partial charge in [0, 0.05) is 0 Å². The Hall–Kier alpha value is -0.365. The van der Waals surface area contributed by atoms with E-state index in [9.17, 15) is 0 Å². The molecular weight excluding hydrogens is 326 g/mol. The van der Waals surface area contributed by atoms with Gasteiger partial charge in [0.05, 0.1) is 11.2 Å². The van der Waals surface area contributed by atoms with Crippen LogP contribution in [0.15, 0.2) is 18.2 Å². The fourth-order valence-corrected chi connectivity index (χ4v) is 3.99. The zero-order valence-corrected chi connectivity index (χ0v) is 18.9. The lowest BCUT2D eigenvalue weighted by atomic mass is 9.59. The van der Waals surface area contributed by atoms with Gasteiger partial charge in [-0.25, -0.2) is 0 Å². The maximum Gasteiger partial charge on any atom is 0.494 e. The van der Waals surface area contributed by atoms with Crippen LogP contribution in [0, 0.1) is 11.3 Å². The van der Waals surface area contributed by atoms with Crippen LogP contribution >= 0.6 is 9.24 Å². The molecule has 1 aliphatic heterocycles. The molecular formula is C21H36BO2P. The van der Waals surface area contributed by atoms with E-state index >= 15 is 0 Å². The van der Waals surface area contributed by atoms with E-state index < -0.39 is 0 Å². The minimum atomic E-state index is -0.309. The SMILES string of the molecule is CC(C)C(C)(C)C(C)(C)c1ccc(B2OC(C)(C)C(C)(C)O2)cc1P. The summed E-state index contributed by atoms with van der Waals surface area (Å²) < 4.78 is 12.4. The van der Waals surface area contributed by atoms with Gasteiger partial charge in [0.2, 0.25) is 0 Å². The summed E-state index contributed by atoms with van der Waals surface area (Å²) >= 11 is 0. The molecule has 0 aliphatic carbocycles. The maximum atomic E-state index is 6.20. The molecule has 1 heterocycles. The minimum Gasteiger partial charge on any atom is -0.399 e. The molecule has 1 fully saturated rings. The van der Waals surface area contributed by atoms with Crippen molar-refractivity contribution in [2.24, 2.45) is 11.3 Å². The summed E-state index contributed by atoms with van der Waals surface area (Å²) in [6.07, 6.45) is 0. The molecule has 0 amide bonds. The van der Waals surface area contributed by atoms with Crippen LogP contribution in [0.3, 0.4) is 0 Å². The van der Waals surface area contributed by atoms with Gasteiger partial charge in [-0.15, -0.1) is 9.24 Å². The van der Waals surface area contributed by atoms with Gasteiger partial charge in [0.15, 0.2) is 0 Å². The van der Waals surface area contributed by atoms with Crippen molar-refractivity contribution in [3.05, 3.63) is 23.8 Å². The number of hydrogen-bond donors (Lipinski definition) is 0. The highest BCUT2D eigenvalue weighted by atomic mass is 31.0. The molecule has 0 N–H and O–H groups in total. The first-order valence-electron chi connectivity index (χ1n) is 9.39. The molecule has 0 spiro atoms. The van der Waals surface area contributed by atoms with E-state index in [0.717, 1.165) is 5.46 Å². The number of benzene rings is 1. The fraction of sp³-hybridized carbons (Fsp3) is 0.714. The third-order valence-corrected chi connectivity index (χ3v) is 7.81. The molecule has 2 nitrogen and oxygen atoms in total. The van der Waals surface area contributed by atoms with Crippen molar-refractivity contribution in [3.63, 3.8) is 0 Å². The monoisotopic (exact) mass is 362 g/mol. The van der Waals surface area contributed by atoms with Crippen molar-refractivity contribution in [2.45, 2.75) is 85.9 Å². The highest BCUT2D eigenvalue weighted by Crippen LogP contribution is 2.46. The zero-order valence-electron chi connectivity index (χ0n) is 17.8. The minimum absolute atomic E-state index is 0.0622. The van der Waals surface area contributed by atoms with Crippen molar-refractivity contribution in [2.75, 3.05) is 0 Å².